The average Bonchev–Trinajstić information content (AvgIpc) is 2.84. The summed E-state index contributed by atoms with van der Waals surface area (Å²) in [6.07, 6.45) is 5.24. The first-order valence-corrected chi connectivity index (χ1v) is 7.21. The molecule has 0 spiro atoms. The third-order valence-electron chi connectivity index (χ3n) is 2.86. The molecule has 0 unspecified atom stereocenters. The fourth-order valence-corrected chi connectivity index (χ4v) is 3.18. The van der Waals surface area contributed by atoms with Crippen LogP contribution in [0.1, 0.15) is 26.0 Å². The standard InChI is InChI=1S/C12H21N3S/c1-10(2)7-15-9-13-5-12(15)6-14-11-3-4-16-8-11/h5,9-11,14H,3-4,6-8H2,1-2H3/t11-/m1/s1. The lowest BCUT2D eigenvalue weighted by Gasteiger charge is -2.14. The van der Waals surface area contributed by atoms with Gasteiger partial charge in [-0.15, -0.1) is 0 Å². The van der Waals surface area contributed by atoms with Crippen molar-refractivity contribution in [3.63, 3.8) is 0 Å². The maximum absolute atomic E-state index is 4.24. The van der Waals surface area contributed by atoms with Crippen LogP contribution in [0.4, 0.5) is 0 Å². The van der Waals surface area contributed by atoms with E-state index in [2.05, 4.69) is 28.7 Å². The van der Waals surface area contributed by atoms with Crippen molar-refractivity contribution < 1.29 is 0 Å². The molecule has 0 radical (unpaired) electrons. The Kier molecular flexibility index (Phi) is 4.29. The van der Waals surface area contributed by atoms with Gasteiger partial charge >= 0.3 is 0 Å². The number of nitrogens with zero attached hydrogens (tertiary/aromatic N) is 2. The minimum atomic E-state index is 0.676. The van der Waals surface area contributed by atoms with Crippen LogP contribution in [-0.4, -0.2) is 27.1 Å². The van der Waals surface area contributed by atoms with E-state index in [9.17, 15) is 0 Å². The molecule has 2 rings (SSSR count). The Morgan fingerprint density at radius 2 is 2.50 bits per heavy atom. The summed E-state index contributed by atoms with van der Waals surface area (Å²) in [7, 11) is 0. The minimum Gasteiger partial charge on any atom is -0.333 e. The SMILES string of the molecule is CC(C)Cn1cncc1CN[C@@H]1CCSC1. The molecule has 1 saturated heterocycles. The van der Waals surface area contributed by atoms with E-state index in [0.29, 0.717) is 12.0 Å². The van der Waals surface area contributed by atoms with Crippen molar-refractivity contribution in [1.29, 1.82) is 0 Å². The topological polar surface area (TPSA) is 29.9 Å². The summed E-state index contributed by atoms with van der Waals surface area (Å²) >= 11 is 2.05. The normalized spacial score (nSPS) is 20.8. The van der Waals surface area contributed by atoms with Crippen LogP contribution in [-0.2, 0) is 13.1 Å². The maximum atomic E-state index is 4.24. The van der Waals surface area contributed by atoms with Gasteiger partial charge in [0, 0.05) is 31.1 Å². The van der Waals surface area contributed by atoms with Crippen molar-refractivity contribution in [3.05, 3.63) is 18.2 Å². The summed E-state index contributed by atoms with van der Waals surface area (Å²) in [4.78, 5) is 4.24. The molecule has 1 fully saturated rings. The molecule has 2 heterocycles. The van der Waals surface area contributed by atoms with E-state index in [1.165, 1.54) is 23.6 Å². The number of nitrogens with one attached hydrogen (secondary N) is 1. The maximum Gasteiger partial charge on any atom is 0.0948 e. The molecule has 1 aliphatic rings. The Morgan fingerprint density at radius 3 is 3.19 bits per heavy atom. The van der Waals surface area contributed by atoms with Gasteiger partial charge in [0.2, 0.25) is 0 Å². The van der Waals surface area contributed by atoms with E-state index in [-0.39, 0.29) is 0 Å². The second-order valence-electron chi connectivity index (χ2n) is 4.87. The van der Waals surface area contributed by atoms with E-state index in [1.54, 1.807) is 0 Å². The molecule has 0 amide bonds. The van der Waals surface area contributed by atoms with Crippen molar-refractivity contribution in [2.45, 2.75) is 39.4 Å². The first-order chi connectivity index (χ1) is 7.75. The molecule has 0 saturated carbocycles. The summed E-state index contributed by atoms with van der Waals surface area (Å²) in [5, 5.41) is 3.62. The van der Waals surface area contributed by atoms with Crippen molar-refractivity contribution in [2.75, 3.05) is 11.5 Å². The van der Waals surface area contributed by atoms with Crippen molar-refractivity contribution in [2.24, 2.45) is 5.92 Å². The van der Waals surface area contributed by atoms with E-state index in [1.807, 2.05) is 24.3 Å². The van der Waals surface area contributed by atoms with Crippen LogP contribution in [0.5, 0.6) is 0 Å². The Morgan fingerprint density at radius 1 is 1.62 bits per heavy atom. The highest BCUT2D eigenvalue weighted by atomic mass is 32.2. The van der Waals surface area contributed by atoms with Crippen molar-refractivity contribution >= 4 is 11.8 Å². The molecule has 0 aromatic carbocycles. The van der Waals surface area contributed by atoms with E-state index in [0.717, 1.165) is 13.1 Å². The first kappa shape index (κ1) is 12.0. The molecule has 90 valence electrons. The predicted octanol–water partition coefficient (Wildman–Crippen LogP) is 2.13. The van der Waals surface area contributed by atoms with Gasteiger partial charge in [-0.3, -0.25) is 0 Å². The lowest BCUT2D eigenvalue weighted by Crippen LogP contribution is -2.29. The van der Waals surface area contributed by atoms with Crippen LogP contribution in [0, 0.1) is 5.92 Å². The lowest BCUT2D eigenvalue weighted by molar-refractivity contribution is 0.486. The highest BCUT2D eigenvalue weighted by molar-refractivity contribution is 7.99. The van der Waals surface area contributed by atoms with Crippen LogP contribution in [0.3, 0.4) is 0 Å². The Hall–Kier alpha value is -0.480. The number of imidazole rings is 1. The van der Waals surface area contributed by atoms with Crippen LogP contribution >= 0.6 is 11.8 Å². The van der Waals surface area contributed by atoms with Gasteiger partial charge in [-0.1, -0.05) is 13.8 Å². The van der Waals surface area contributed by atoms with Crippen molar-refractivity contribution in [3.8, 4) is 0 Å². The summed E-state index contributed by atoms with van der Waals surface area (Å²) in [6, 6.07) is 0.701. The smallest absolute Gasteiger partial charge is 0.0948 e. The minimum absolute atomic E-state index is 0.676. The lowest BCUT2D eigenvalue weighted by atomic mass is 10.2. The molecule has 3 nitrogen and oxygen atoms in total. The Balaban J connectivity index is 1.85. The van der Waals surface area contributed by atoms with Gasteiger partial charge in [-0.25, -0.2) is 4.98 Å². The highest BCUT2D eigenvalue weighted by Crippen LogP contribution is 2.17. The zero-order valence-electron chi connectivity index (χ0n) is 10.1. The Bertz CT molecular complexity index is 316. The second kappa shape index (κ2) is 5.73. The number of hydrogen-bond acceptors (Lipinski definition) is 3. The monoisotopic (exact) mass is 239 g/mol. The van der Waals surface area contributed by atoms with Crippen molar-refractivity contribution in [1.82, 2.24) is 14.9 Å². The second-order valence-corrected chi connectivity index (χ2v) is 6.02. The van der Waals surface area contributed by atoms with Crippen LogP contribution in [0.25, 0.3) is 0 Å². The molecule has 16 heavy (non-hydrogen) atoms. The third kappa shape index (κ3) is 3.25. The molecule has 1 aliphatic heterocycles. The number of hydrogen-bond donors (Lipinski definition) is 1. The molecule has 1 N–H and O–H groups in total. The fraction of sp³-hybridized carbons (Fsp3) is 0.750. The number of rotatable bonds is 5. The summed E-state index contributed by atoms with van der Waals surface area (Å²) in [6.45, 7) is 6.50. The summed E-state index contributed by atoms with van der Waals surface area (Å²) in [5.74, 6) is 3.25. The zero-order chi connectivity index (χ0) is 11.4. The van der Waals surface area contributed by atoms with E-state index < -0.39 is 0 Å². The molecule has 4 heteroatoms. The molecule has 1 atom stereocenters. The highest BCUT2D eigenvalue weighted by Gasteiger charge is 2.15. The summed E-state index contributed by atoms with van der Waals surface area (Å²) in [5.41, 5.74) is 1.31. The molecule has 1 aromatic rings. The van der Waals surface area contributed by atoms with Gasteiger partial charge in [0.25, 0.3) is 0 Å². The number of thioether (sulfide) groups is 1. The quantitative estimate of drug-likeness (QED) is 0.854. The van der Waals surface area contributed by atoms with Gasteiger partial charge in [0.15, 0.2) is 0 Å². The van der Waals surface area contributed by atoms with E-state index >= 15 is 0 Å². The van der Waals surface area contributed by atoms with Crippen LogP contribution in [0.15, 0.2) is 12.5 Å². The van der Waals surface area contributed by atoms with Gasteiger partial charge < -0.3 is 9.88 Å². The molecule has 1 aromatic heterocycles. The number of aromatic nitrogens is 2. The van der Waals surface area contributed by atoms with Crippen LogP contribution < -0.4 is 5.32 Å². The fourth-order valence-electron chi connectivity index (χ4n) is 2.00. The van der Waals surface area contributed by atoms with Gasteiger partial charge in [-0.2, -0.15) is 11.8 Å². The third-order valence-corrected chi connectivity index (χ3v) is 4.02. The molecule has 0 bridgehead atoms. The van der Waals surface area contributed by atoms with E-state index in [4.69, 9.17) is 0 Å². The predicted molar refractivity (Wildman–Crippen MR) is 69.6 cm³/mol. The first-order valence-electron chi connectivity index (χ1n) is 6.06. The largest absolute Gasteiger partial charge is 0.333 e. The van der Waals surface area contributed by atoms with Gasteiger partial charge in [0.05, 0.1) is 12.0 Å². The summed E-state index contributed by atoms with van der Waals surface area (Å²) < 4.78 is 2.26. The molecular formula is C12H21N3S. The average molecular weight is 239 g/mol. The van der Waals surface area contributed by atoms with Gasteiger partial charge in [-0.05, 0) is 18.1 Å². The molecule has 0 aliphatic carbocycles. The zero-order valence-corrected chi connectivity index (χ0v) is 11.0. The van der Waals surface area contributed by atoms with Crippen LogP contribution in [0.2, 0.25) is 0 Å². The molecular weight excluding hydrogens is 218 g/mol. The Labute approximate surface area is 102 Å². The van der Waals surface area contributed by atoms with Gasteiger partial charge in [0.1, 0.15) is 0 Å².